The lowest BCUT2D eigenvalue weighted by Gasteiger charge is -2.35. The van der Waals surface area contributed by atoms with Gasteiger partial charge in [-0.25, -0.2) is 4.79 Å². The van der Waals surface area contributed by atoms with E-state index in [4.69, 9.17) is 0 Å². The van der Waals surface area contributed by atoms with Gasteiger partial charge in [-0.3, -0.25) is 14.4 Å². The van der Waals surface area contributed by atoms with Gasteiger partial charge in [0.05, 0.1) is 12.5 Å². The van der Waals surface area contributed by atoms with E-state index >= 15 is 0 Å². The van der Waals surface area contributed by atoms with Crippen molar-refractivity contribution in [2.75, 3.05) is 53.4 Å². The van der Waals surface area contributed by atoms with E-state index in [1.54, 1.807) is 28.8 Å². The first-order valence-corrected chi connectivity index (χ1v) is 12.1. The molecule has 34 heavy (non-hydrogen) atoms. The molecule has 2 heterocycles. The van der Waals surface area contributed by atoms with E-state index in [1.165, 1.54) is 6.92 Å². The van der Waals surface area contributed by atoms with Crippen LogP contribution in [-0.2, 0) is 14.4 Å². The fourth-order valence-electron chi connectivity index (χ4n) is 4.82. The molecular formula is C25H37N5O4. The lowest BCUT2D eigenvalue weighted by molar-refractivity contribution is -0.137. The van der Waals surface area contributed by atoms with Crippen molar-refractivity contribution >= 4 is 23.8 Å². The third-order valence-electron chi connectivity index (χ3n) is 6.68. The number of nitrogens with one attached hydrogen (secondary N) is 1. The Kier molecular flexibility index (Phi) is 8.90. The maximum Gasteiger partial charge on any atom is 0.319 e. The molecule has 9 heteroatoms. The van der Waals surface area contributed by atoms with Gasteiger partial charge in [-0.05, 0) is 24.8 Å². The van der Waals surface area contributed by atoms with Gasteiger partial charge in [-0.2, -0.15) is 0 Å². The molecule has 2 aliphatic rings. The summed E-state index contributed by atoms with van der Waals surface area (Å²) in [7, 11) is 3.46. The van der Waals surface area contributed by atoms with E-state index in [0.717, 1.165) is 5.56 Å². The van der Waals surface area contributed by atoms with Crippen molar-refractivity contribution in [2.24, 2.45) is 5.92 Å². The van der Waals surface area contributed by atoms with Crippen molar-refractivity contribution in [3.05, 3.63) is 35.9 Å². The molecule has 0 bridgehead atoms. The number of amides is 5. The number of carbonyl (C=O) groups excluding carboxylic acids is 4. The first-order chi connectivity index (χ1) is 16.3. The van der Waals surface area contributed by atoms with E-state index < -0.39 is 0 Å². The zero-order chi connectivity index (χ0) is 24.7. The topological polar surface area (TPSA) is 93.3 Å². The number of benzene rings is 1. The minimum Gasteiger partial charge on any atom is -0.354 e. The molecule has 1 aromatic rings. The van der Waals surface area contributed by atoms with Crippen molar-refractivity contribution in [1.82, 2.24) is 24.9 Å². The molecule has 3 rings (SSSR count). The smallest absolute Gasteiger partial charge is 0.319 e. The van der Waals surface area contributed by atoms with Gasteiger partial charge in [0.2, 0.25) is 17.7 Å². The van der Waals surface area contributed by atoms with Crippen LogP contribution >= 0.6 is 0 Å². The van der Waals surface area contributed by atoms with Crippen LogP contribution in [0, 0.1) is 5.92 Å². The van der Waals surface area contributed by atoms with Crippen LogP contribution in [0.1, 0.15) is 44.2 Å². The minimum atomic E-state index is -0.334. The number of nitrogens with zero attached hydrogens (tertiary/aromatic N) is 4. The summed E-state index contributed by atoms with van der Waals surface area (Å²) in [5.41, 5.74) is 0.930. The number of likely N-dealkylation sites (tertiary alicyclic amines) is 1. The largest absolute Gasteiger partial charge is 0.354 e. The third kappa shape index (κ3) is 6.48. The van der Waals surface area contributed by atoms with Crippen molar-refractivity contribution in [3.63, 3.8) is 0 Å². The molecule has 1 atom stereocenters. The number of hydrogen-bond donors (Lipinski definition) is 1. The standard InChI is InChI=1S/C25H37N5O4/c1-19(31)30-14-7-13-28(24(33)21-10-15-29(16-11-21)25(34)27(2)3)17-12-26-23(32)18-22(30)20-8-5-4-6-9-20/h4-6,8-9,21-22H,7,10-18H2,1-3H3,(H,26,32). The number of urea groups is 1. The number of piperidine rings is 1. The second-order valence-electron chi connectivity index (χ2n) is 9.31. The van der Waals surface area contributed by atoms with Crippen LogP contribution in [0.2, 0.25) is 0 Å². The Balaban J connectivity index is 1.67. The molecule has 2 aliphatic heterocycles. The third-order valence-corrected chi connectivity index (χ3v) is 6.68. The van der Waals surface area contributed by atoms with E-state index in [0.29, 0.717) is 58.5 Å². The van der Waals surface area contributed by atoms with Gasteiger partial charge in [0.15, 0.2) is 0 Å². The zero-order valence-corrected chi connectivity index (χ0v) is 20.5. The Hall–Kier alpha value is -3.10. The van der Waals surface area contributed by atoms with E-state index in [-0.39, 0.29) is 42.1 Å². The maximum atomic E-state index is 13.3. The maximum absolute atomic E-state index is 13.3. The second kappa shape index (κ2) is 11.9. The molecular weight excluding hydrogens is 434 g/mol. The van der Waals surface area contributed by atoms with Crippen LogP contribution in [0.3, 0.4) is 0 Å². The molecule has 2 fully saturated rings. The van der Waals surface area contributed by atoms with E-state index in [1.807, 2.05) is 35.2 Å². The van der Waals surface area contributed by atoms with Crippen LogP contribution in [0.25, 0.3) is 0 Å². The average Bonchev–Trinajstić information content (AvgIpc) is 2.87. The number of carbonyl (C=O) groups is 4. The molecule has 2 saturated heterocycles. The summed E-state index contributed by atoms with van der Waals surface area (Å²) in [4.78, 5) is 57.6. The van der Waals surface area contributed by atoms with Crippen LogP contribution in [-0.4, -0.2) is 96.7 Å². The summed E-state index contributed by atoms with van der Waals surface area (Å²) in [5.74, 6) is -0.283. The summed E-state index contributed by atoms with van der Waals surface area (Å²) in [6.45, 7) is 4.48. The van der Waals surface area contributed by atoms with Gasteiger partial charge >= 0.3 is 6.03 Å². The van der Waals surface area contributed by atoms with Gasteiger partial charge in [0.1, 0.15) is 0 Å². The molecule has 0 aliphatic carbocycles. The molecule has 0 spiro atoms. The van der Waals surface area contributed by atoms with Crippen molar-refractivity contribution in [3.8, 4) is 0 Å². The van der Waals surface area contributed by atoms with Gasteiger partial charge < -0.3 is 24.9 Å². The van der Waals surface area contributed by atoms with Crippen molar-refractivity contribution in [1.29, 1.82) is 0 Å². The van der Waals surface area contributed by atoms with Gasteiger partial charge in [0.25, 0.3) is 0 Å². The predicted octanol–water partition coefficient (Wildman–Crippen LogP) is 1.71. The fourth-order valence-corrected chi connectivity index (χ4v) is 4.82. The summed E-state index contributed by atoms with van der Waals surface area (Å²) in [6.07, 6.45) is 2.10. The Labute approximate surface area is 202 Å². The molecule has 5 amide bonds. The molecule has 9 nitrogen and oxygen atoms in total. The van der Waals surface area contributed by atoms with E-state index in [2.05, 4.69) is 5.32 Å². The molecule has 1 N–H and O–H groups in total. The molecule has 186 valence electrons. The van der Waals surface area contributed by atoms with Gasteiger partial charge in [-0.1, -0.05) is 30.3 Å². The summed E-state index contributed by atoms with van der Waals surface area (Å²) in [6, 6.07) is 9.26. The monoisotopic (exact) mass is 471 g/mol. The highest BCUT2D eigenvalue weighted by atomic mass is 16.2. The van der Waals surface area contributed by atoms with Crippen LogP contribution in [0.15, 0.2) is 30.3 Å². The summed E-state index contributed by atoms with van der Waals surface area (Å²) in [5, 5.41) is 2.93. The molecule has 0 radical (unpaired) electrons. The Morgan fingerprint density at radius 3 is 2.24 bits per heavy atom. The minimum absolute atomic E-state index is 0.0267. The van der Waals surface area contributed by atoms with Gasteiger partial charge in [0, 0.05) is 66.2 Å². The van der Waals surface area contributed by atoms with Crippen LogP contribution in [0.4, 0.5) is 4.79 Å². The number of hydrogen-bond acceptors (Lipinski definition) is 4. The second-order valence-corrected chi connectivity index (χ2v) is 9.31. The number of rotatable bonds is 2. The normalized spacial score (nSPS) is 20.9. The predicted molar refractivity (Wildman–Crippen MR) is 129 cm³/mol. The molecule has 1 unspecified atom stereocenters. The SMILES string of the molecule is CC(=O)N1CCCN(C(=O)C2CCN(C(=O)N(C)C)CC2)CCNC(=O)CC1c1ccccc1. The lowest BCUT2D eigenvalue weighted by atomic mass is 9.95. The first-order valence-electron chi connectivity index (χ1n) is 12.1. The molecule has 0 aromatic heterocycles. The summed E-state index contributed by atoms with van der Waals surface area (Å²) >= 11 is 0. The Morgan fingerprint density at radius 2 is 1.62 bits per heavy atom. The van der Waals surface area contributed by atoms with Crippen molar-refractivity contribution < 1.29 is 19.2 Å². The quantitative estimate of drug-likeness (QED) is 0.711. The highest BCUT2D eigenvalue weighted by Crippen LogP contribution is 2.26. The highest BCUT2D eigenvalue weighted by Gasteiger charge is 2.32. The van der Waals surface area contributed by atoms with Crippen molar-refractivity contribution in [2.45, 2.75) is 38.6 Å². The highest BCUT2D eigenvalue weighted by molar-refractivity contribution is 5.81. The lowest BCUT2D eigenvalue weighted by Crippen LogP contribution is -2.48. The Morgan fingerprint density at radius 1 is 0.941 bits per heavy atom. The van der Waals surface area contributed by atoms with Gasteiger partial charge in [-0.15, -0.1) is 0 Å². The van der Waals surface area contributed by atoms with E-state index in [9.17, 15) is 19.2 Å². The zero-order valence-electron chi connectivity index (χ0n) is 20.5. The molecule has 0 saturated carbocycles. The average molecular weight is 472 g/mol. The fraction of sp³-hybridized carbons (Fsp3) is 0.600. The summed E-state index contributed by atoms with van der Waals surface area (Å²) < 4.78 is 0. The molecule has 1 aromatic carbocycles. The Bertz CT molecular complexity index is 867. The van der Waals surface area contributed by atoms with Crippen LogP contribution < -0.4 is 5.32 Å². The van der Waals surface area contributed by atoms with Crippen LogP contribution in [0.5, 0.6) is 0 Å². The first kappa shape index (κ1) is 25.5.